The number of halogens is 6. The molecule has 16 heteroatoms. The van der Waals surface area contributed by atoms with E-state index < -0.39 is 39.1 Å². The van der Waals surface area contributed by atoms with Crippen molar-refractivity contribution >= 4 is 28.1 Å². The monoisotopic (exact) mass is 449 g/mol. The molecule has 1 aromatic heterocycles. The lowest BCUT2D eigenvalue weighted by Crippen LogP contribution is -2.30. The van der Waals surface area contributed by atoms with E-state index in [0.717, 1.165) is 4.13 Å². The van der Waals surface area contributed by atoms with Crippen LogP contribution in [0.2, 0.25) is 19.6 Å². The minimum atomic E-state index is -6.72. The molecule has 1 rings (SSSR count). The summed E-state index contributed by atoms with van der Waals surface area (Å²) in [6, 6.07) is 0. The molecule has 0 radical (unpaired) electrons. The first-order valence-corrected chi connectivity index (χ1v) is 13.1. The van der Waals surface area contributed by atoms with E-state index in [-0.39, 0.29) is 0 Å². The van der Waals surface area contributed by atoms with Crippen LogP contribution in [0, 0.1) is 0 Å². The van der Waals surface area contributed by atoms with Crippen LogP contribution in [0.15, 0.2) is 18.7 Å². The maximum atomic E-state index is 11.4. The molecule has 0 aliphatic rings. The highest BCUT2D eigenvalue weighted by atomic mass is 32.3. The summed E-state index contributed by atoms with van der Waals surface area (Å²) < 4.78 is 114. The molecule has 0 N–H and O–H groups in total. The van der Waals surface area contributed by atoms with Gasteiger partial charge < -0.3 is 4.13 Å². The molecular weight excluding hydrogens is 432 g/mol. The Morgan fingerprint density at radius 2 is 1.35 bits per heavy atom. The van der Waals surface area contributed by atoms with Gasteiger partial charge in [-0.2, -0.15) is 26.3 Å². The van der Waals surface area contributed by atoms with Crippen LogP contribution in [-0.4, -0.2) is 40.5 Å². The van der Waals surface area contributed by atoms with E-state index in [0.29, 0.717) is 0 Å². The molecule has 0 unspecified atom stereocenters. The van der Waals surface area contributed by atoms with Gasteiger partial charge in [-0.15, -0.1) is 0 Å². The van der Waals surface area contributed by atoms with Gasteiger partial charge in [-0.1, -0.05) is 19.6 Å². The zero-order valence-electron chi connectivity index (χ0n) is 14.0. The molecule has 26 heavy (non-hydrogen) atoms. The lowest BCUT2D eigenvalue weighted by atomic mass is 10.9. The van der Waals surface area contributed by atoms with Gasteiger partial charge in [0.05, 0.1) is 21.3 Å². The van der Waals surface area contributed by atoms with Crippen molar-refractivity contribution in [1.82, 2.24) is 4.57 Å². The number of hydrogen-bond donors (Lipinski definition) is 0. The molecule has 0 aromatic carbocycles. The van der Waals surface area contributed by atoms with Crippen molar-refractivity contribution in [2.24, 2.45) is 7.05 Å². The average Bonchev–Trinajstić information content (AvgIpc) is 2.68. The van der Waals surface area contributed by atoms with Gasteiger partial charge in [0.25, 0.3) is 0 Å². The smallest absolute Gasteiger partial charge is 0.421 e. The van der Waals surface area contributed by atoms with Crippen LogP contribution in [0.25, 0.3) is 4.13 Å². The molecular formula is C10H17F6N3O4S2Si. The molecule has 0 fully saturated rings. The van der Waals surface area contributed by atoms with Crippen molar-refractivity contribution in [3.63, 3.8) is 0 Å². The Labute approximate surface area is 147 Å². The van der Waals surface area contributed by atoms with Crippen LogP contribution in [-0.2, 0) is 33.3 Å². The van der Waals surface area contributed by atoms with E-state index in [1.807, 2.05) is 0 Å². The fourth-order valence-electron chi connectivity index (χ4n) is 1.36. The summed E-state index contributed by atoms with van der Waals surface area (Å²) in [6.07, 6.45) is 7.57. The van der Waals surface area contributed by atoms with E-state index >= 15 is 0 Å². The van der Waals surface area contributed by atoms with E-state index in [1.165, 1.54) is 6.17 Å². The lowest BCUT2D eigenvalue weighted by molar-refractivity contribution is -0.671. The number of imidazole rings is 1. The molecule has 0 atom stereocenters. The number of rotatable bonds is 4. The topological polar surface area (TPSA) is 91.2 Å². The summed E-state index contributed by atoms with van der Waals surface area (Å²) in [5.41, 5.74) is -12.4. The molecule has 1 aromatic rings. The normalized spacial score (nSPS) is 13.9. The van der Waals surface area contributed by atoms with Crippen LogP contribution in [0.3, 0.4) is 0 Å². The highest BCUT2D eigenvalue weighted by Crippen LogP contribution is 2.36. The van der Waals surface area contributed by atoms with Crippen molar-refractivity contribution in [1.29, 1.82) is 0 Å². The molecule has 1 heterocycles. The molecule has 0 amide bonds. The Balaban J connectivity index is 0.000000502. The van der Waals surface area contributed by atoms with Gasteiger partial charge in [0, 0.05) is 0 Å². The SMILES string of the molecule is C[n+]1ccn(C[Si](C)(C)C)c1.O=S(=O)([N-]S(=O)(=O)C(F)(F)F)C(F)(F)F. The fraction of sp³-hybridized carbons (Fsp3) is 0.700. The lowest BCUT2D eigenvalue weighted by Gasteiger charge is -2.22. The van der Waals surface area contributed by atoms with Gasteiger partial charge in [-0.05, 0) is 0 Å². The number of alkyl halides is 6. The second kappa shape index (κ2) is 7.85. The minimum Gasteiger partial charge on any atom is -0.421 e. The van der Waals surface area contributed by atoms with Gasteiger partial charge in [0.1, 0.15) is 12.4 Å². The van der Waals surface area contributed by atoms with E-state index in [1.54, 1.807) is 0 Å². The second-order valence-corrected chi connectivity index (χ2v) is 15.1. The highest BCUT2D eigenvalue weighted by Gasteiger charge is 2.46. The van der Waals surface area contributed by atoms with E-state index in [2.05, 4.69) is 54.5 Å². The van der Waals surface area contributed by atoms with Crippen molar-refractivity contribution < 1.29 is 47.7 Å². The molecule has 0 saturated carbocycles. The summed E-state index contributed by atoms with van der Waals surface area (Å²) in [4.78, 5) is 0. The standard InChI is InChI=1S/C8H17N2Si.C2F6NO4S2/c1-9-5-6-10(7-9)8-11(2,3)4;3-1(4,5)14(10,11)9-15(12,13)2(6,7)8/h5-7H,8H2,1-4H3;/q+1;-1. The third-order valence-electron chi connectivity index (χ3n) is 2.26. The fourth-order valence-corrected chi connectivity index (χ4v) is 4.35. The molecule has 154 valence electrons. The summed E-state index contributed by atoms with van der Waals surface area (Å²) in [5.74, 6) is 0. The van der Waals surface area contributed by atoms with Crippen molar-refractivity contribution in [2.45, 2.75) is 36.8 Å². The zero-order chi connectivity index (χ0) is 21.2. The van der Waals surface area contributed by atoms with Gasteiger partial charge in [-0.3, -0.25) is 0 Å². The largest absolute Gasteiger partial charge is 0.480 e. The predicted octanol–water partition coefficient (Wildman–Crippen LogP) is 2.25. The number of aryl methyl sites for hydroxylation is 1. The third-order valence-corrected chi connectivity index (χ3v) is 6.32. The van der Waals surface area contributed by atoms with Crippen LogP contribution in [0.4, 0.5) is 26.3 Å². The van der Waals surface area contributed by atoms with E-state index in [4.69, 9.17) is 0 Å². The Kier molecular flexibility index (Phi) is 7.51. The summed E-state index contributed by atoms with van der Waals surface area (Å²) >= 11 is 0. The van der Waals surface area contributed by atoms with Gasteiger partial charge in [0.2, 0.25) is 6.33 Å². The molecule has 0 bridgehead atoms. The first-order chi connectivity index (χ1) is 11.2. The van der Waals surface area contributed by atoms with Crippen LogP contribution < -0.4 is 4.57 Å². The third kappa shape index (κ3) is 8.04. The second-order valence-electron chi connectivity index (χ2n) is 6.23. The Bertz CT molecular complexity index is 767. The Hall–Kier alpha value is -1.13. The Morgan fingerprint density at radius 3 is 1.58 bits per heavy atom. The molecule has 0 spiro atoms. The number of aromatic nitrogens is 2. The van der Waals surface area contributed by atoms with Gasteiger partial charge >= 0.3 is 11.0 Å². The highest BCUT2D eigenvalue weighted by molar-refractivity contribution is 8.13. The minimum absolute atomic E-state index is 0.778. The van der Waals surface area contributed by atoms with Crippen LogP contribution in [0.1, 0.15) is 0 Å². The Morgan fingerprint density at radius 1 is 0.962 bits per heavy atom. The molecule has 7 nitrogen and oxygen atoms in total. The number of hydrogen-bond acceptors (Lipinski definition) is 4. The quantitative estimate of drug-likeness (QED) is 0.401. The van der Waals surface area contributed by atoms with Gasteiger partial charge in [-0.25, -0.2) is 26.0 Å². The van der Waals surface area contributed by atoms with Crippen LogP contribution in [0.5, 0.6) is 0 Å². The van der Waals surface area contributed by atoms with Gasteiger partial charge in [0.15, 0.2) is 20.0 Å². The molecule has 0 aliphatic carbocycles. The molecule has 0 saturated heterocycles. The average molecular weight is 449 g/mol. The first kappa shape index (κ1) is 24.9. The van der Waals surface area contributed by atoms with E-state index in [9.17, 15) is 43.2 Å². The van der Waals surface area contributed by atoms with Crippen molar-refractivity contribution in [3.8, 4) is 0 Å². The van der Waals surface area contributed by atoms with Crippen molar-refractivity contribution in [2.75, 3.05) is 0 Å². The molecule has 0 aliphatic heterocycles. The predicted molar refractivity (Wildman–Crippen MR) is 82.3 cm³/mol. The summed E-state index contributed by atoms with van der Waals surface area (Å²) in [6.45, 7) is 7.15. The maximum Gasteiger partial charge on any atom is 0.480 e. The zero-order valence-corrected chi connectivity index (χ0v) is 16.6. The summed E-state index contributed by atoms with van der Waals surface area (Å²) in [7, 11) is -12.3. The maximum absolute atomic E-state index is 11.4. The van der Waals surface area contributed by atoms with Crippen molar-refractivity contribution in [3.05, 3.63) is 22.8 Å². The number of sulfonamides is 2. The number of nitrogens with zero attached hydrogens (tertiary/aromatic N) is 3. The summed E-state index contributed by atoms with van der Waals surface area (Å²) in [5, 5.41) is 0. The van der Waals surface area contributed by atoms with Crippen LogP contribution >= 0.6 is 0 Å². The first-order valence-electron chi connectivity index (χ1n) is 6.56.